The molecule has 2 aromatic carbocycles. The first kappa shape index (κ1) is 19.7. The number of anilines is 3. The number of rotatable bonds is 6. The molecule has 1 amide bonds. The van der Waals surface area contributed by atoms with E-state index in [4.69, 9.17) is 5.26 Å². The topological polar surface area (TPSA) is 102 Å². The maximum absolute atomic E-state index is 12.3. The van der Waals surface area contributed by atoms with Crippen molar-refractivity contribution in [3.8, 4) is 6.07 Å². The highest BCUT2D eigenvalue weighted by atomic mass is 32.2. The van der Waals surface area contributed by atoms with Gasteiger partial charge in [-0.1, -0.05) is 6.07 Å². The van der Waals surface area contributed by atoms with Crippen molar-refractivity contribution < 1.29 is 13.2 Å². The van der Waals surface area contributed by atoms with Crippen LogP contribution in [0.4, 0.5) is 17.1 Å². The van der Waals surface area contributed by atoms with Gasteiger partial charge in [0, 0.05) is 30.2 Å². The number of sulfonamides is 1. The zero-order valence-electron chi connectivity index (χ0n) is 15.4. The number of amides is 1. The van der Waals surface area contributed by atoms with Crippen LogP contribution in [0.3, 0.4) is 0 Å². The Labute approximate surface area is 165 Å². The predicted molar refractivity (Wildman–Crippen MR) is 110 cm³/mol. The Morgan fingerprint density at radius 3 is 2.43 bits per heavy atom. The van der Waals surface area contributed by atoms with Crippen molar-refractivity contribution in [2.75, 3.05) is 33.8 Å². The minimum absolute atomic E-state index is 0.380. The monoisotopic (exact) mass is 398 g/mol. The number of carbonyl (C=O) groups excluding carboxylic acids is 1. The van der Waals surface area contributed by atoms with E-state index in [2.05, 4.69) is 14.9 Å². The van der Waals surface area contributed by atoms with Gasteiger partial charge in [-0.15, -0.1) is 0 Å². The summed E-state index contributed by atoms with van der Waals surface area (Å²) in [6.07, 6.45) is 3.58. The number of benzene rings is 2. The highest BCUT2D eigenvalue weighted by Crippen LogP contribution is 2.22. The molecular formula is C20H22N4O3S. The minimum atomic E-state index is -3.85. The van der Waals surface area contributed by atoms with E-state index in [0.29, 0.717) is 16.9 Å². The van der Waals surface area contributed by atoms with E-state index in [1.165, 1.54) is 25.3 Å². The molecule has 0 spiro atoms. The SMILES string of the molecule is N#Cc1cccc(NC(=O)CS(=O)(=O)Nc2ccc(N3CCCCC3)cc2)c1. The summed E-state index contributed by atoms with van der Waals surface area (Å²) in [5.41, 5.74) is 2.25. The second-order valence-corrected chi connectivity index (χ2v) is 8.42. The maximum atomic E-state index is 12.3. The molecular weight excluding hydrogens is 376 g/mol. The second-order valence-electron chi connectivity index (χ2n) is 6.70. The summed E-state index contributed by atoms with van der Waals surface area (Å²) in [6, 6.07) is 15.4. The van der Waals surface area contributed by atoms with Crippen LogP contribution in [0, 0.1) is 11.3 Å². The molecule has 7 nitrogen and oxygen atoms in total. The van der Waals surface area contributed by atoms with E-state index < -0.39 is 21.7 Å². The van der Waals surface area contributed by atoms with E-state index in [1.807, 2.05) is 18.2 Å². The van der Waals surface area contributed by atoms with Crippen molar-refractivity contribution in [1.82, 2.24) is 0 Å². The van der Waals surface area contributed by atoms with Crippen molar-refractivity contribution in [2.45, 2.75) is 19.3 Å². The molecule has 1 saturated heterocycles. The molecule has 0 aromatic heterocycles. The van der Waals surface area contributed by atoms with Crippen molar-refractivity contribution in [2.24, 2.45) is 0 Å². The van der Waals surface area contributed by atoms with Gasteiger partial charge >= 0.3 is 0 Å². The van der Waals surface area contributed by atoms with Gasteiger partial charge in [0.05, 0.1) is 11.6 Å². The van der Waals surface area contributed by atoms with Crippen molar-refractivity contribution in [3.05, 3.63) is 54.1 Å². The Morgan fingerprint density at radius 2 is 1.75 bits per heavy atom. The molecule has 0 bridgehead atoms. The van der Waals surface area contributed by atoms with Crippen LogP contribution < -0.4 is 14.9 Å². The molecule has 146 valence electrons. The fraction of sp³-hybridized carbons (Fsp3) is 0.300. The van der Waals surface area contributed by atoms with Gasteiger partial charge in [-0.25, -0.2) is 8.42 Å². The lowest BCUT2D eigenvalue weighted by Crippen LogP contribution is -2.29. The zero-order valence-corrected chi connectivity index (χ0v) is 16.2. The lowest BCUT2D eigenvalue weighted by Gasteiger charge is -2.28. The molecule has 2 N–H and O–H groups in total. The molecule has 1 heterocycles. The van der Waals surface area contributed by atoms with Gasteiger partial charge in [-0.3, -0.25) is 9.52 Å². The maximum Gasteiger partial charge on any atom is 0.241 e. The average molecular weight is 398 g/mol. The summed E-state index contributed by atoms with van der Waals surface area (Å²) < 4.78 is 27.0. The molecule has 1 aliphatic heterocycles. The van der Waals surface area contributed by atoms with Crippen LogP contribution in [-0.2, 0) is 14.8 Å². The van der Waals surface area contributed by atoms with E-state index in [1.54, 1.807) is 30.3 Å². The third kappa shape index (κ3) is 5.47. The number of carbonyl (C=O) groups is 1. The van der Waals surface area contributed by atoms with Crippen molar-refractivity contribution in [1.29, 1.82) is 5.26 Å². The van der Waals surface area contributed by atoms with E-state index in [-0.39, 0.29) is 0 Å². The third-order valence-corrected chi connectivity index (χ3v) is 5.65. The van der Waals surface area contributed by atoms with Gasteiger partial charge in [-0.2, -0.15) is 5.26 Å². The van der Waals surface area contributed by atoms with Crippen LogP contribution in [0.5, 0.6) is 0 Å². The van der Waals surface area contributed by atoms with Gasteiger partial charge in [0.15, 0.2) is 0 Å². The Balaban J connectivity index is 1.58. The molecule has 0 radical (unpaired) electrons. The predicted octanol–water partition coefficient (Wildman–Crippen LogP) is 2.93. The van der Waals surface area contributed by atoms with Gasteiger partial charge in [0.1, 0.15) is 5.75 Å². The van der Waals surface area contributed by atoms with Crippen molar-refractivity contribution >= 4 is 33.0 Å². The molecule has 3 rings (SSSR count). The third-order valence-electron chi connectivity index (χ3n) is 4.46. The molecule has 28 heavy (non-hydrogen) atoms. The van der Waals surface area contributed by atoms with Crippen LogP contribution in [-0.4, -0.2) is 33.2 Å². The van der Waals surface area contributed by atoms with Crippen LogP contribution in [0.2, 0.25) is 0 Å². The Bertz CT molecular complexity index is 975. The molecule has 0 atom stereocenters. The fourth-order valence-corrected chi connectivity index (χ4v) is 4.13. The largest absolute Gasteiger partial charge is 0.372 e. The molecule has 1 fully saturated rings. The van der Waals surface area contributed by atoms with Gasteiger partial charge in [0.25, 0.3) is 0 Å². The molecule has 2 aromatic rings. The number of piperidine rings is 1. The van der Waals surface area contributed by atoms with Crippen LogP contribution in [0.1, 0.15) is 24.8 Å². The van der Waals surface area contributed by atoms with Crippen LogP contribution in [0.25, 0.3) is 0 Å². The summed E-state index contributed by atoms with van der Waals surface area (Å²) >= 11 is 0. The summed E-state index contributed by atoms with van der Waals surface area (Å²) in [7, 11) is -3.85. The van der Waals surface area contributed by atoms with Crippen LogP contribution >= 0.6 is 0 Å². The highest BCUT2D eigenvalue weighted by molar-refractivity contribution is 7.93. The summed E-state index contributed by atoms with van der Waals surface area (Å²) in [5, 5.41) is 11.4. The number of nitriles is 1. The van der Waals surface area contributed by atoms with Crippen LogP contribution in [0.15, 0.2) is 48.5 Å². The Morgan fingerprint density at radius 1 is 1.04 bits per heavy atom. The standard InChI is InChI=1S/C20H22N4O3S/c21-14-16-5-4-6-18(13-16)22-20(25)15-28(26,27)23-17-7-9-19(10-8-17)24-11-2-1-3-12-24/h4-10,13,23H,1-3,11-12,15H2,(H,22,25). The first-order valence-electron chi connectivity index (χ1n) is 9.11. The Kier molecular flexibility index (Phi) is 6.16. The lowest BCUT2D eigenvalue weighted by atomic mass is 10.1. The van der Waals surface area contributed by atoms with Gasteiger partial charge < -0.3 is 10.2 Å². The summed E-state index contributed by atoms with van der Waals surface area (Å²) in [4.78, 5) is 14.3. The van der Waals surface area contributed by atoms with Gasteiger partial charge in [0.2, 0.25) is 15.9 Å². The number of hydrogen-bond acceptors (Lipinski definition) is 5. The minimum Gasteiger partial charge on any atom is -0.372 e. The average Bonchev–Trinajstić information content (AvgIpc) is 2.68. The summed E-state index contributed by atoms with van der Waals surface area (Å²) in [6.45, 7) is 2.02. The van der Waals surface area contributed by atoms with E-state index in [9.17, 15) is 13.2 Å². The lowest BCUT2D eigenvalue weighted by molar-refractivity contribution is -0.113. The Hall–Kier alpha value is -3.05. The highest BCUT2D eigenvalue weighted by Gasteiger charge is 2.17. The summed E-state index contributed by atoms with van der Waals surface area (Å²) in [5.74, 6) is -1.38. The molecule has 1 aliphatic rings. The van der Waals surface area contributed by atoms with E-state index in [0.717, 1.165) is 18.8 Å². The number of hydrogen-bond donors (Lipinski definition) is 2. The van der Waals surface area contributed by atoms with E-state index >= 15 is 0 Å². The quantitative estimate of drug-likeness (QED) is 0.779. The molecule has 8 heteroatoms. The molecule has 0 unspecified atom stereocenters. The fourth-order valence-electron chi connectivity index (χ4n) is 3.14. The van der Waals surface area contributed by atoms with Crippen molar-refractivity contribution in [3.63, 3.8) is 0 Å². The van der Waals surface area contributed by atoms with Gasteiger partial charge in [-0.05, 0) is 61.7 Å². The number of nitrogens with one attached hydrogen (secondary N) is 2. The first-order valence-corrected chi connectivity index (χ1v) is 10.8. The first-order chi connectivity index (χ1) is 13.4. The zero-order chi connectivity index (χ0) is 20.0. The second kappa shape index (κ2) is 8.76. The molecule has 0 saturated carbocycles. The smallest absolute Gasteiger partial charge is 0.241 e. The molecule has 0 aliphatic carbocycles. The number of nitrogens with zero attached hydrogens (tertiary/aromatic N) is 2. The normalized spacial score (nSPS) is 14.2.